The number of para-hydroxylation sites is 2. The van der Waals surface area contributed by atoms with Gasteiger partial charge < -0.3 is 15.1 Å². The molecule has 1 aliphatic rings. The van der Waals surface area contributed by atoms with E-state index in [1.54, 1.807) is 0 Å². The normalized spacial score (nSPS) is 15.6. The molecule has 5 rings (SSSR count). The standard InChI is InChI=1S/C25H19BrIN5O2/c1-14-21(23(33)29-16-12-10-15(27)11-13-16)22(17-6-2-3-7-18(17)26)31-24(28-14)32-25-30-19-8-4-5-9-20(19)34-25/h2-13,22H,1H3,(H,29,33)(H2,28,30,31,32). The summed E-state index contributed by atoms with van der Waals surface area (Å²) in [6, 6.07) is 22.7. The lowest BCUT2D eigenvalue weighted by molar-refractivity contribution is -0.113. The van der Waals surface area contributed by atoms with Crippen LogP contribution < -0.4 is 16.0 Å². The van der Waals surface area contributed by atoms with E-state index in [2.05, 4.69) is 59.5 Å². The third-order valence-corrected chi connectivity index (χ3v) is 6.75. The van der Waals surface area contributed by atoms with Gasteiger partial charge in [0, 0.05) is 19.4 Å². The maximum absolute atomic E-state index is 13.4. The number of carbonyl (C=O) groups is 1. The second kappa shape index (κ2) is 9.59. The topological polar surface area (TPSA) is 91.5 Å². The Morgan fingerprint density at radius 3 is 2.56 bits per heavy atom. The van der Waals surface area contributed by atoms with Crippen LogP contribution in [0.2, 0.25) is 0 Å². The maximum atomic E-state index is 13.4. The molecule has 2 heterocycles. The van der Waals surface area contributed by atoms with Crippen LogP contribution in [0.15, 0.2) is 97.9 Å². The summed E-state index contributed by atoms with van der Waals surface area (Å²) in [6.45, 7) is 1.86. The number of nitrogens with one attached hydrogen (secondary N) is 3. The van der Waals surface area contributed by atoms with Crippen molar-refractivity contribution in [2.45, 2.75) is 13.0 Å². The van der Waals surface area contributed by atoms with Gasteiger partial charge in [0.2, 0.25) is 5.96 Å². The number of rotatable bonds is 4. The van der Waals surface area contributed by atoms with Gasteiger partial charge in [-0.05, 0) is 77.5 Å². The summed E-state index contributed by atoms with van der Waals surface area (Å²) in [5.41, 5.74) is 4.21. The molecule has 34 heavy (non-hydrogen) atoms. The van der Waals surface area contributed by atoms with Crippen LogP contribution in [0.25, 0.3) is 11.1 Å². The third-order valence-electron chi connectivity index (χ3n) is 5.31. The molecule has 1 atom stereocenters. The predicted molar refractivity (Wildman–Crippen MR) is 146 cm³/mol. The van der Waals surface area contributed by atoms with Crippen LogP contribution in [0.3, 0.4) is 0 Å². The predicted octanol–water partition coefficient (Wildman–Crippen LogP) is 6.22. The zero-order chi connectivity index (χ0) is 23.7. The summed E-state index contributed by atoms with van der Waals surface area (Å²) >= 11 is 5.85. The lowest BCUT2D eigenvalue weighted by Crippen LogP contribution is -2.37. The fraction of sp³-hybridized carbons (Fsp3) is 0.0800. The van der Waals surface area contributed by atoms with Crippen molar-refractivity contribution in [3.8, 4) is 0 Å². The molecule has 3 aromatic carbocycles. The highest BCUT2D eigenvalue weighted by Gasteiger charge is 2.31. The van der Waals surface area contributed by atoms with Crippen molar-refractivity contribution < 1.29 is 9.21 Å². The number of anilines is 2. The molecule has 9 heteroatoms. The third kappa shape index (κ3) is 4.71. The van der Waals surface area contributed by atoms with Crippen molar-refractivity contribution in [3.05, 3.63) is 97.7 Å². The van der Waals surface area contributed by atoms with E-state index in [9.17, 15) is 4.79 Å². The van der Waals surface area contributed by atoms with Gasteiger partial charge in [-0.1, -0.05) is 46.3 Å². The Morgan fingerprint density at radius 2 is 1.79 bits per heavy atom. The van der Waals surface area contributed by atoms with E-state index in [1.165, 1.54) is 0 Å². The first-order chi connectivity index (χ1) is 16.5. The van der Waals surface area contributed by atoms with Gasteiger partial charge in [-0.25, -0.2) is 4.99 Å². The maximum Gasteiger partial charge on any atom is 0.302 e. The Kier molecular flexibility index (Phi) is 6.38. The first-order valence-corrected chi connectivity index (χ1v) is 12.3. The van der Waals surface area contributed by atoms with Gasteiger partial charge in [-0.15, -0.1) is 0 Å². The molecule has 1 unspecified atom stereocenters. The van der Waals surface area contributed by atoms with Crippen molar-refractivity contribution in [1.82, 2.24) is 10.3 Å². The number of benzene rings is 3. The highest BCUT2D eigenvalue weighted by Crippen LogP contribution is 2.35. The summed E-state index contributed by atoms with van der Waals surface area (Å²) < 4.78 is 7.74. The van der Waals surface area contributed by atoms with E-state index in [4.69, 9.17) is 9.41 Å². The van der Waals surface area contributed by atoms with E-state index >= 15 is 0 Å². The first kappa shape index (κ1) is 22.6. The van der Waals surface area contributed by atoms with Crippen molar-refractivity contribution in [2.75, 3.05) is 10.6 Å². The van der Waals surface area contributed by atoms with E-state index in [0.717, 1.165) is 24.8 Å². The summed E-state index contributed by atoms with van der Waals surface area (Å²) in [5.74, 6) is 0.215. The Balaban J connectivity index is 1.49. The van der Waals surface area contributed by atoms with Crippen LogP contribution in [-0.2, 0) is 4.79 Å². The minimum absolute atomic E-state index is 0.225. The molecular formula is C25H19BrIN5O2. The van der Waals surface area contributed by atoms with Crippen LogP contribution in [0.5, 0.6) is 0 Å². The van der Waals surface area contributed by atoms with Gasteiger partial charge in [-0.3, -0.25) is 10.1 Å². The Labute approximate surface area is 218 Å². The fourth-order valence-corrected chi connectivity index (χ4v) is 4.58. The van der Waals surface area contributed by atoms with Crippen molar-refractivity contribution in [2.24, 2.45) is 4.99 Å². The molecule has 0 radical (unpaired) electrons. The lowest BCUT2D eigenvalue weighted by atomic mass is 9.95. The smallest absolute Gasteiger partial charge is 0.302 e. The zero-order valence-corrected chi connectivity index (χ0v) is 21.7. The quantitative estimate of drug-likeness (QED) is 0.234. The highest BCUT2D eigenvalue weighted by atomic mass is 127. The number of fused-ring (bicyclic) bond motifs is 1. The average Bonchev–Trinajstić information content (AvgIpc) is 3.22. The molecule has 1 aromatic heterocycles. The number of amides is 1. The molecule has 0 aliphatic carbocycles. The summed E-state index contributed by atoms with van der Waals surface area (Å²) in [5, 5.41) is 9.30. The molecule has 0 fully saturated rings. The van der Waals surface area contributed by atoms with Crippen LogP contribution in [0.1, 0.15) is 18.5 Å². The van der Waals surface area contributed by atoms with E-state index < -0.39 is 6.04 Å². The Morgan fingerprint density at radius 1 is 1.06 bits per heavy atom. The highest BCUT2D eigenvalue weighted by molar-refractivity contribution is 14.1. The molecule has 3 N–H and O–H groups in total. The summed E-state index contributed by atoms with van der Waals surface area (Å²) in [4.78, 5) is 22.7. The van der Waals surface area contributed by atoms with Crippen LogP contribution in [0, 0.1) is 3.57 Å². The zero-order valence-electron chi connectivity index (χ0n) is 18.0. The van der Waals surface area contributed by atoms with Crippen molar-refractivity contribution in [1.29, 1.82) is 0 Å². The lowest BCUT2D eigenvalue weighted by Gasteiger charge is -2.27. The monoisotopic (exact) mass is 627 g/mol. The Hall–Kier alpha value is -3.18. The SMILES string of the molecule is CC1=C(C(=O)Nc2ccc(I)cc2)C(c2ccccc2Br)N=C(Nc2nc3ccccc3o2)N1. The minimum Gasteiger partial charge on any atom is -0.423 e. The summed E-state index contributed by atoms with van der Waals surface area (Å²) in [6.07, 6.45) is 0. The molecule has 170 valence electrons. The molecule has 0 bridgehead atoms. The van der Waals surface area contributed by atoms with Gasteiger partial charge in [0.1, 0.15) is 11.6 Å². The van der Waals surface area contributed by atoms with Gasteiger partial charge in [0.25, 0.3) is 5.91 Å². The largest absolute Gasteiger partial charge is 0.423 e. The van der Waals surface area contributed by atoms with Gasteiger partial charge >= 0.3 is 6.01 Å². The van der Waals surface area contributed by atoms with E-state index in [0.29, 0.717) is 28.8 Å². The van der Waals surface area contributed by atoms with Crippen LogP contribution >= 0.6 is 38.5 Å². The van der Waals surface area contributed by atoms with Crippen LogP contribution in [0.4, 0.5) is 11.7 Å². The minimum atomic E-state index is -0.549. The number of halogens is 2. The molecular weight excluding hydrogens is 609 g/mol. The Bertz CT molecular complexity index is 1410. The fourth-order valence-electron chi connectivity index (χ4n) is 3.71. The average molecular weight is 628 g/mol. The second-order valence-corrected chi connectivity index (χ2v) is 9.74. The number of nitrogens with zero attached hydrogens (tertiary/aromatic N) is 2. The molecule has 0 spiro atoms. The number of aliphatic imine (C=N–C) groups is 1. The van der Waals surface area contributed by atoms with Crippen LogP contribution in [-0.4, -0.2) is 16.9 Å². The van der Waals surface area contributed by atoms with Gasteiger partial charge in [-0.2, -0.15) is 4.98 Å². The molecule has 1 amide bonds. The second-order valence-electron chi connectivity index (χ2n) is 7.64. The van der Waals surface area contributed by atoms with E-state index in [1.807, 2.05) is 79.7 Å². The first-order valence-electron chi connectivity index (χ1n) is 10.5. The number of hydrogen-bond donors (Lipinski definition) is 3. The molecule has 0 saturated heterocycles. The number of oxazole rings is 1. The van der Waals surface area contributed by atoms with E-state index in [-0.39, 0.29) is 5.91 Å². The number of hydrogen-bond acceptors (Lipinski definition) is 6. The van der Waals surface area contributed by atoms with Crippen molar-refractivity contribution >= 4 is 73.2 Å². The van der Waals surface area contributed by atoms with Crippen molar-refractivity contribution in [3.63, 3.8) is 0 Å². The molecule has 7 nitrogen and oxygen atoms in total. The number of guanidine groups is 1. The van der Waals surface area contributed by atoms with Gasteiger partial charge in [0.05, 0.1) is 5.57 Å². The molecule has 1 aliphatic heterocycles. The molecule has 0 saturated carbocycles. The molecule has 4 aromatic rings. The number of aromatic nitrogens is 1. The summed E-state index contributed by atoms with van der Waals surface area (Å²) in [7, 11) is 0. The number of carbonyl (C=O) groups excluding carboxylic acids is 1. The number of allylic oxidation sites excluding steroid dienone is 1. The van der Waals surface area contributed by atoms with Gasteiger partial charge in [0.15, 0.2) is 5.58 Å².